The summed E-state index contributed by atoms with van der Waals surface area (Å²) in [6.45, 7) is 13.4. The van der Waals surface area contributed by atoms with Crippen molar-refractivity contribution >= 4 is 11.9 Å². The van der Waals surface area contributed by atoms with Gasteiger partial charge in [0.2, 0.25) is 0 Å². The Kier molecular flexibility index (Phi) is 6.61. The number of aliphatic carboxylic acids is 2. The van der Waals surface area contributed by atoms with Crippen LogP contribution in [0.1, 0.15) is 95.9 Å². The Labute approximate surface area is 209 Å². The third kappa shape index (κ3) is 3.99. The van der Waals surface area contributed by atoms with Gasteiger partial charge in [-0.05, 0) is 91.4 Å². The van der Waals surface area contributed by atoms with Gasteiger partial charge in [-0.15, -0.1) is 0 Å². The summed E-state index contributed by atoms with van der Waals surface area (Å²) in [6, 6.07) is 0. The first kappa shape index (κ1) is 25.8. The Hall–Kier alpha value is -2.30. The van der Waals surface area contributed by atoms with Gasteiger partial charge in [0.15, 0.2) is 0 Å². The molecule has 4 rings (SSSR count). The minimum Gasteiger partial charge on any atom is -0.481 e. The van der Waals surface area contributed by atoms with Crippen LogP contribution in [0.4, 0.5) is 0 Å². The molecule has 0 aliphatic heterocycles. The summed E-state index contributed by atoms with van der Waals surface area (Å²) in [6.07, 6.45) is 14.0. The molecule has 5 nitrogen and oxygen atoms in total. The molecule has 1 aromatic rings. The average Bonchev–Trinajstić information content (AvgIpc) is 3.28. The van der Waals surface area contributed by atoms with Crippen LogP contribution < -0.4 is 0 Å². The van der Waals surface area contributed by atoms with Gasteiger partial charge in [-0.1, -0.05) is 45.9 Å². The lowest BCUT2D eigenvalue weighted by Crippen LogP contribution is -2.57. The molecule has 0 spiro atoms. The van der Waals surface area contributed by atoms with Crippen LogP contribution in [0.5, 0.6) is 0 Å². The lowest BCUT2D eigenvalue weighted by Gasteiger charge is -2.64. The molecule has 192 valence electrons. The minimum absolute atomic E-state index is 0.0562. The number of carbonyl (C=O) groups is 2. The van der Waals surface area contributed by atoms with Gasteiger partial charge in [-0.2, -0.15) is 0 Å². The lowest BCUT2D eigenvalue weighted by molar-refractivity contribution is -0.140. The second kappa shape index (κ2) is 8.97. The summed E-state index contributed by atoms with van der Waals surface area (Å²) in [7, 11) is 0. The highest BCUT2D eigenvalue weighted by atomic mass is 16.4. The molecule has 1 heterocycles. The van der Waals surface area contributed by atoms with Crippen molar-refractivity contribution < 1.29 is 24.2 Å². The fourth-order valence-corrected chi connectivity index (χ4v) is 8.65. The highest BCUT2D eigenvalue weighted by molar-refractivity contribution is 5.86. The van der Waals surface area contributed by atoms with E-state index in [1.807, 2.05) is 12.3 Å². The van der Waals surface area contributed by atoms with Crippen molar-refractivity contribution in [3.05, 3.63) is 47.0 Å². The van der Waals surface area contributed by atoms with Gasteiger partial charge >= 0.3 is 11.9 Å². The van der Waals surface area contributed by atoms with Gasteiger partial charge in [0, 0.05) is 24.0 Å². The fraction of sp³-hybridized carbons (Fsp3) is 0.667. The summed E-state index contributed by atoms with van der Waals surface area (Å²) in [4.78, 5) is 22.7. The summed E-state index contributed by atoms with van der Waals surface area (Å²) in [5.41, 5.74) is 3.16. The summed E-state index contributed by atoms with van der Waals surface area (Å²) in [5.74, 6) is 1.03. The molecule has 0 unspecified atom stereocenters. The third-order valence-electron chi connectivity index (χ3n) is 10.9. The normalized spacial score (nSPS) is 37.5. The van der Waals surface area contributed by atoms with Crippen LogP contribution in [0.25, 0.3) is 0 Å². The molecule has 2 N–H and O–H groups in total. The molecule has 5 heteroatoms. The van der Waals surface area contributed by atoms with Crippen molar-refractivity contribution in [3.8, 4) is 0 Å². The summed E-state index contributed by atoms with van der Waals surface area (Å²) in [5, 5.41) is 18.6. The van der Waals surface area contributed by atoms with E-state index in [2.05, 4.69) is 40.7 Å². The number of hydrogen-bond acceptors (Lipinski definition) is 3. The number of fused-ring (bicyclic) bond motifs is 4. The molecule has 35 heavy (non-hydrogen) atoms. The lowest BCUT2D eigenvalue weighted by atomic mass is 9.40. The average molecular weight is 483 g/mol. The van der Waals surface area contributed by atoms with Crippen LogP contribution >= 0.6 is 0 Å². The van der Waals surface area contributed by atoms with Gasteiger partial charge in [0.25, 0.3) is 0 Å². The van der Waals surface area contributed by atoms with E-state index in [0.717, 1.165) is 37.9 Å². The van der Waals surface area contributed by atoms with E-state index in [9.17, 15) is 14.7 Å². The van der Waals surface area contributed by atoms with E-state index in [1.54, 1.807) is 13.0 Å². The first-order valence-corrected chi connectivity index (χ1v) is 13.2. The number of carboxylic acids is 2. The van der Waals surface area contributed by atoms with Gasteiger partial charge in [0.1, 0.15) is 5.76 Å². The fourth-order valence-electron chi connectivity index (χ4n) is 8.65. The molecule has 0 radical (unpaired) electrons. The molecule has 0 aromatic carbocycles. The predicted molar refractivity (Wildman–Crippen MR) is 136 cm³/mol. The van der Waals surface area contributed by atoms with Gasteiger partial charge in [0.05, 0.1) is 6.26 Å². The zero-order valence-corrected chi connectivity index (χ0v) is 22.2. The monoisotopic (exact) mass is 482 g/mol. The Balaban J connectivity index is 1.67. The number of furan rings is 1. The second-order valence-electron chi connectivity index (χ2n) is 12.4. The molecule has 1 aromatic heterocycles. The van der Waals surface area contributed by atoms with Crippen LogP contribution in [0.15, 0.2) is 34.5 Å². The first-order valence-electron chi connectivity index (χ1n) is 13.2. The highest BCUT2D eigenvalue weighted by Gasteiger charge is 2.67. The Morgan fingerprint density at radius 3 is 2.54 bits per heavy atom. The molecule has 0 amide bonds. The summed E-state index contributed by atoms with van der Waals surface area (Å²) >= 11 is 0. The van der Waals surface area contributed by atoms with E-state index in [0.29, 0.717) is 29.7 Å². The van der Waals surface area contributed by atoms with Crippen molar-refractivity contribution in [2.75, 3.05) is 0 Å². The maximum atomic E-state index is 11.6. The third-order valence-corrected chi connectivity index (χ3v) is 10.9. The predicted octanol–water partition coefficient (Wildman–Crippen LogP) is 7.15. The van der Waals surface area contributed by atoms with Crippen LogP contribution in [-0.4, -0.2) is 22.2 Å². The van der Waals surface area contributed by atoms with E-state index in [1.165, 1.54) is 11.1 Å². The molecule has 0 saturated heterocycles. The number of hydrogen-bond donors (Lipinski definition) is 2. The largest absolute Gasteiger partial charge is 0.481 e. The second-order valence-corrected chi connectivity index (χ2v) is 12.4. The van der Waals surface area contributed by atoms with Crippen LogP contribution in [0.2, 0.25) is 0 Å². The first-order chi connectivity index (χ1) is 16.3. The molecule has 2 fully saturated rings. The number of allylic oxidation sites excluding steroid dienone is 3. The zero-order chi connectivity index (χ0) is 25.8. The maximum absolute atomic E-state index is 11.6. The maximum Gasteiger partial charge on any atom is 0.331 e. The Morgan fingerprint density at radius 1 is 1.17 bits per heavy atom. The van der Waals surface area contributed by atoms with Crippen molar-refractivity contribution in [1.29, 1.82) is 0 Å². The molecular formula is C30H42O5. The van der Waals surface area contributed by atoms with Crippen LogP contribution in [0, 0.1) is 40.9 Å². The number of carboxylic acid groups (broad SMARTS) is 2. The molecule has 3 aliphatic carbocycles. The molecule has 2 saturated carbocycles. The van der Waals surface area contributed by atoms with Crippen molar-refractivity contribution in [2.24, 2.45) is 34.0 Å². The van der Waals surface area contributed by atoms with Crippen molar-refractivity contribution in [3.63, 3.8) is 0 Å². The van der Waals surface area contributed by atoms with E-state index in [-0.39, 0.29) is 28.6 Å². The Morgan fingerprint density at radius 2 is 1.89 bits per heavy atom. The molecule has 0 bridgehead atoms. The molecular weight excluding hydrogens is 440 g/mol. The van der Waals surface area contributed by atoms with E-state index >= 15 is 0 Å². The summed E-state index contributed by atoms with van der Waals surface area (Å²) < 4.78 is 6.10. The van der Waals surface area contributed by atoms with Gasteiger partial charge in [-0.25, -0.2) is 4.79 Å². The number of aryl methyl sites for hydroxylation is 1. The molecule has 7 atom stereocenters. The van der Waals surface area contributed by atoms with Crippen molar-refractivity contribution in [1.82, 2.24) is 0 Å². The van der Waals surface area contributed by atoms with Crippen LogP contribution in [0.3, 0.4) is 0 Å². The quantitative estimate of drug-likeness (QED) is 0.318. The molecule has 3 aliphatic rings. The smallest absolute Gasteiger partial charge is 0.331 e. The van der Waals surface area contributed by atoms with Gasteiger partial charge < -0.3 is 14.6 Å². The highest BCUT2D eigenvalue weighted by Crippen LogP contribution is 2.74. The number of rotatable bonds is 7. The van der Waals surface area contributed by atoms with Crippen LogP contribution in [-0.2, 0) is 16.0 Å². The Bertz CT molecular complexity index is 1060. The zero-order valence-electron chi connectivity index (χ0n) is 22.2. The standard InChI is InChI=1S/C30H42O5/c1-18(8-7-9-19(2)27(33)34)21-12-13-30(6)24-16-23-26(20(3)17-35-23)22(10-11-25(31)32)28(24,4)14-15-29(21,30)5/h7-9,17-18,21-22,24H,10-16H2,1-6H3,(H,31,32)(H,33,34)/b8-7-,19-9-/t18-,21-,22-,24-,28+,29-,30+/m1/s1. The SMILES string of the molecule is C/C(=C/C=C\[C@@H](C)[C@H]1CC[C@@]2(C)[C@@H]3Cc4occ(C)c4[C@@H](CCC(=O)O)[C@]3(C)CC[C@]12C)C(=O)O. The van der Waals surface area contributed by atoms with E-state index < -0.39 is 11.9 Å². The van der Waals surface area contributed by atoms with Crippen molar-refractivity contribution in [2.45, 2.75) is 92.4 Å². The van der Waals surface area contributed by atoms with E-state index in [4.69, 9.17) is 9.52 Å². The topological polar surface area (TPSA) is 87.7 Å². The minimum atomic E-state index is -0.878. The van der Waals surface area contributed by atoms with Gasteiger partial charge in [-0.3, -0.25) is 4.79 Å².